The van der Waals surface area contributed by atoms with Crippen molar-refractivity contribution in [1.29, 1.82) is 0 Å². The minimum atomic E-state index is -5.08. The Kier molecular flexibility index (Phi) is 19.7. The van der Waals surface area contributed by atoms with Crippen LogP contribution < -0.4 is 15.5 Å². The number of carboxylic acids is 2. The summed E-state index contributed by atoms with van der Waals surface area (Å²) in [6.45, 7) is 6.57. The maximum absolute atomic E-state index is 12.6. The molecular weight excluding hydrogens is 677 g/mol. The van der Waals surface area contributed by atoms with Gasteiger partial charge in [0.15, 0.2) is 0 Å². The Morgan fingerprint density at radius 3 is 1.66 bits per heavy atom. The average molecular weight is 723 g/mol. The van der Waals surface area contributed by atoms with Crippen molar-refractivity contribution in [2.24, 2.45) is 0 Å². The van der Waals surface area contributed by atoms with Crippen LogP contribution in [-0.4, -0.2) is 149 Å². The van der Waals surface area contributed by atoms with Gasteiger partial charge in [-0.1, -0.05) is 0 Å². The van der Waals surface area contributed by atoms with Crippen LogP contribution in [0.4, 0.5) is 24.5 Å². The number of piperidine rings is 1. The van der Waals surface area contributed by atoms with Crippen molar-refractivity contribution in [3.8, 4) is 0 Å². The van der Waals surface area contributed by atoms with Gasteiger partial charge in [-0.2, -0.15) is 13.2 Å². The maximum atomic E-state index is 12.6. The maximum Gasteiger partial charge on any atom is 0.490 e. The molecule has 19 heteroatoms. The number of imide groups is 1. The number of piperazine rings is 1. The minimum Gasteiger partial charge on any atom is -0.481 e. The normalized spacial score (nSPS) is 16.3. The third kappa shape index (κ3) is 18.1. The van der Waals surface area contributed by atoms with Crippen LogP contribution in [-0.2, 0) is 47.7 Å². The number of benzene rings is 1. The van der Waals surface area contributed by atoms with Gasteiger partial charge in [0, 0.05) is 44.0 Å². The molecule has 16 nitrogen and oxygen atoms in total. The lowest BCUT2D eigenvalue weighted by Gasteiger charge is -2.36. The lowest BCUT2D eigenvalue weighted by molar-refractivity contribution is -0.192. The number of hydrogen-bond acceptors (Lipinski definition) is 12. The fraction of sp³-hybridized carbons (Fsp3) is 0.645. The van der Waals surface area contributed by atoms with Gasteiger partial charge in [0.1, 0.15) is 6.04 Å². The third-order valence-corrected chi connectivity index (χ3v) is 7.10. The van der Waals surface area contributed by atoms with Gasteiger partial charge in [0.2, 0.25) is 17.7 Å². The van der Waals surface area contributed by atoms with E-state index in [9.17, 15) is 32.3 Å². The largest absolute Gasteiger partial charge is 0.490 e. The minimum absolute atomic E-state index is 0.0142. The van der Waals surface area contributed by atoms with E-state index < -0.39 is 24.2 Å². The number of alkyl halides is 3. The highest BCUT2D eigenvalue weighted by atomic mass is 19.4. The number of amides is 3. The monoisotopic (exact) mass is 722 g/mol. The van der Waals surface area contributed by atoms with E-state index >= 15 is 0 Å². The molecule has 2 aliphatic heterocycles. The number of rotatable bonds is 21. The SMILES string of the molecule is O=C(O)C(F)(F)F.O=C(O)CCOCCOCCOCCOCCOCCC(=O)N1CCN(c2ccc(NC3CCC(=O)NC3=O)cc2)CC1. The Labute approximate surface area is 287 Å². The second kappa shape index (κ2) is 23.4. The fourth-order valence-corrected chi connectivity index (χ4v) is 4.47. The molecule has 0 aliphatic carbocycles. The van der Waals surface area contributed by atoms with E-state index in [4.69, 9.17) is 38.7 Å². The molecule has 1 aromatic carbocycles. The van der Waals surface area contributed by atoms with Gasteiger partial charge in [0.25, 0.3) is 0 Å². The van der Waals surface area contributed by atoms with E-state index in [-0.39, 0.29) is 30.7 Å². The van der Waals surface area contributed by atoms with Crippen LogP contribution in [0, 0.1) is 0 Å². The molecule has 0 bridgehead atoms. The number of aliphatic carboxylic acids is 2. The Morgan fingerprint density at radius 2 is 1.22 bits per heavy atom. The molecule has 4 N–H and O–H groups in total. The Balaban J connectivity index is 0.00000112. The third-order valence-electron chi connectivity index (χ3n) is 7.10. The molecule has 2 saturated heterocycles. The van der Waals surface area contributed by atoms with Crippen LogP contribution >= 0.6 is 0 Å². The predicted molar refractivity (Wildman–Crippen MR) is 170 cm³/mol. The number of carbonyl (C=O) groups is 5. The lowest BCUT2D eigenvalue weighted by Crippen LogP contribution is -2.49. The molecule has 3 amide bonds. The molecule has 0 radical (unpaired) electrons. The Morgan fingerprint density at radius 1 is 0.760 bits per heavy atom. The topological polar surface area (TPSA) is 203 Å². The summed E-state index contributed by atoms with van der Waals surface area (Å²) in [5, 5.41) is 21.2. The van der Waals surface area contributed by atoms with Gasteiger partial charge in [-0.15, -0.1) is 0 Å². The molecule has 2 heterocycles. The first-order valence-corrected chi connectivity index (χ1v) is 16.0. The van der Waals surface area contributed by atoms with E-state index in [1.807, 2.05) is 29.2 Å². The van der Waals surface area contributed by atoms with Crippen molar-refractivity contribution >= 4 is 41.0 Å². The number of halogens is 3. The molecule has 282 valence electrons. The first-order chi connectivity index (χ1) is 23.9. The quantitative estimate of drug-likeness (QED) is 0.104. The van der Waals surface area contributed by atoms with Crippen molar-refractivity contribution in [3.05, 3.63) is 24.3 Å². The van der Waals surface area contributed by atoms with Crippen molar-refractivity contribution in [1.82, 2.24) is 10.2 Å². The number of hydrogen-bond donors (Lipinski definition) is 4. The van der Waals surface area contributed by atoms with Gasteiger partial charge < -0.3 is 49.0 Å². The summed E-state index contributed by atoms with van der Waals surface area (Å²) in [5.74, 6) is -4.09. The molecular formula is C31H45F3N4O12. The van der Waals surface area contributed by atoms with E-state index in [0.717, 1.165) is 24.5 Å². The molecule has 1 aromatic rings. The second-order valence-electron chi connectivity index (χ2n) is 10.8. The zero-order chi connectivity index (χ0) is 36.8. The van der Waals surface area contributed by atoms with Crippen molar-refractivity contribution in [2.45, 2.75) is 37.9 Å². The van der Waals surface area contributed by atoms with Gasteiger partial charge in [-0.25, -0.2) is 4.79 Å². The standard InChI is InChI=1S/C29H44N4O10.C2HF3O2/c34-26-6-5-25(29(38)31-26)30-23-1-3-24(4-2-23)32-9-11-33(12-10-32)27(35)7-13-39-15-17-41-19-21-43-22-20-42-18-16-40-14-8-28(36)37;3-2(4,5)1(6)7/h1-4,25,30H,5-22H2,(H,36,37)(H,31,34,38);(H,6,7). The summed E-state index contributed by atoms with van der Waals surface area (Å²) in [4.78, 5) is 59.2. The summed E-state index contributed by atoms with van der Waals surface area (Å²) in [6.07, 6.45) is -3.96. The molecule has 1 atom stereocenters. The van der Waals surface area contributed by atoms with Crippen LogP contribution in [0.3, 0.4) is 0 Å². The molecule has 3 rings (SSSR count). The Hall–Kier alpha value is -4.04. The van der Waals surface area contributed by atoms with E-state index in [1.54, 1.807) is 0 Å². The van der Waals surface area contributed by atoms with Gasteiger partial charge in [-0.05, 0) is 30.7 Å². The number of carboxylic acid groups (broad SMARTS) is 2. The zero-order valence-electron chi connectivity index (χ0n) is 27.6. The van der Waals surface area contributed by atoms with Gasteiger partial charge in [-0.3, -0.25) is 24.5 Å². The molecule has 50 heavy (non-hydrogen) atoms. The predicted octanol–water partition coefficient (Wildman–Crippen LogP) is 1.13. The molecule has 0 saturated carbocycles. The highest BCUT2D eigenvalue weighted by molar-refractivity contribution is 6.01. The zero-order valence-corrected chi connectivity index (χ0v) is 27.6. The summed E-state index contributed by atoms with van der Waals surface area (Å²) >= 11 is 0. The summed E-state index contributed by atoms with van der Waals surface area (Å²) in [6, 6.07) is 7.43. The van der Waals surface area contributed by atoms with Crippen LogP contribution in [0.25, 0.3) is 0 Å². The molecule has 2 aliphatic rings. The fourth-order valence-electron chi connectivity index (χ4n) is 4.47. The summed E-state index contributed by atoms with van der Waals surface area (Å²) in [5.41, 5.74) is 1.88. The first kappa shape index (κ1) is 42.1. The number of nitrogens with one attached hydrogen (secondary N) is 2. The Bertz CT molecular complexity index is 1200. The molecule has 0 spiro atoms. The molecule has 1 unspecified atom stereocenters. The smallest absolute Gasteiger partial charge is 0.481 e. The van der Waals surface area contributed by atoms with E-state index in [0.29, 0.717) is 91.8 Å². The highest BCUT2D eigenvalue weighted by Crippen LogP contribution is 2.21. The van der Waals surface area contributed by atoms with Crippen LogP contribution in [0.5, 0.6) is 0 Å². The van der Waals surface area contributed by atoms with Gasteiger partial charge in [0.05, 0.1) is 78.9 Å². The van der Waals surface area contributed by atoms with Crippen LogP contribution in [0.15, 0.2) is 24.3 Å². The van der Waals surface area contributed by atoms with Crippen molar-refractivity contribution < 1.29 is 71.0 Å². The summed E-state index contributed by atoms with van der Waals surface area (Å²) in [7, 11) is 0. The average Bonchev–Trinajstić information content (AvgIpc) is 3.07. The van der Waals surface area contributed by atoms with E-state index in [2.05, 4.69) is 15.5 Å². The number of nitrogens with zero attached hydrogens (tertiary/aromatic N) is 2. The van der Waals surface area contributed by atoms with Crippen LogP contribution in [0.1, 0.15) is 25.7 Å². The van der Waals surface area contributed by atoms with Crippen molar-refractivity contribution in [2.75, 3.05) is 102 Å². The number of anilines is 2. The van der Waals surface area contributed by atoms with Crippen molar-refractivity contribution in [3.63, 3.8) is 0 Å². The van der Waals surface area contributed by atoms with E-state index in [1.165, 1.54) is 0 Å². The van der Waals surface area contributed by atoms with Gasteiger partial charge >= 0.3 is 18.1 Å². The number of ether oxygens (including phenoxy) is 5. The second-order valence-corrected chi connectivity index (χ2v) is 10.8. The molecule has 2 fully saturated rings. The lowest BCUT2D eigenvalue weighted by atomic mass is 10.1. The number of carbonyl (C=O) groups excluding carboxylic acids is 3. The highest BCUT2D eigenvalue weighted by Gasteiger charge is 2.38. The molecule has 0 aromatic heterocycles. The summed E-state index contributed by atoms with van der Waals surface area (Å²) < 4.78 is 58.6. The first-order valence-electron chi connectivity index (χ1n) is 16.0. The van der Waals surface area contributed by atoms with Crippen LogP contribution in [0.2, 0.25) is 0 Å².